The van der Waals surface area contributed by atoms with Crippen molar-refractivity contribution in [1.29, 1.82) is 0 Å². The second-order valence-corrected chi connectivity index (χ2v) is 4.40. The minimum Gasteiger partial charge on any atom is -0.480 e. The first kappa shape index (κ1) is 15.0. The number of aldehydes is 1. The van der Waals surface area contributed by atoms with Gasteiger partial charge in [0.2, 0.25) is 0 Å². The van der Waals surface area contributed by atoms with Crippen LogP contribution in [-0.4, -0.2) is 24.8 Å². The van der Waals surface area contributed by atoms with Crippen molar-refractivity contribution in [3.63, 3.8) is 0 Å². The fraction of sp³-hybridized carbons (Fsp3) is 0.333. The molecule has 0 saturated heterocycles. The fourth-order valence-corrected chi connectivity index (χ4v) is 1.78. The number of nitrogens with one attached hydrogen (secondary N) is 1. The molecule has 0 aliphatic heterocycles. The molecule has 102 valence electrons. The Morgan fingerprint density at radius 1 is 1.42 bits per heavy atom. The highest BCUT2D eigenvalue weighted by Crippen LogP contribution is 2.25. The molecule has 0 fully saturated rings. The maximum absolute atomic E-state index is 11.7. The van der Waals surface area contributed by atoms with Crippen LogP contribution in [0.2, 0.25) is 0 Å². The summed E-state index contributed by atoms with van der Waals surface area (Å²) in [6, 6.07) is 3.48. The zero-order valence-electron chi connectivity index (χ0n) is 11.5. The van der Waals surface area contributed by atoms with Crippen LogP contribution >= 0.6 is 0 Å². The van der Waals surface area contributed by atoms with Crippen molar-refractivity contribution in [3.8, 4) is 5.75 Å². The van der Waals surface area contributed by atoms with E-state index < -0.39 is 6.10 Å². The van der Waals surface area contributed by atoms with Gasteiger partial charge in [-0.15, -0.1) is 6.58 Å². The van der Waals surface area contributed by atoms with E-state index >= 15 is 0 Å². The van der Waals surface area contributed by atoms with E-state index in [2.05, 4.69) is 11.9 Å². The number of hydrogen-bond donors (Lipinski definition) is 1. The molecule has 0 saturated carbocycles. The number of amides is 1. The lowest BCUT2D eigenvalue weighted by Crippen LogP contribution is -2.36. The minimum atomic E-state index is -0.598. The molecule has 19 heavy (non-hydrogen) atoms. The quantitative estimate of drug-likeness (QED) is 0.631. The normalized spacial score (nSPS) is 11.5. The first-order valence-electron chi connectivity index (χ1n) is 6.11. The highest BCUT2D eigenvalue weighted by Gasteiger charge is 2.16. The number of carbonyl (C=O) groups excluding carboxylic acids is 2. The predicted octanol–water partition coefficient (Wildman–Crippen LogP) is 2.19. The second kappa shape index (κ2) is 6.73. The van der Waals surface area contributed by atoms with E-state index in [-0.39, 0.29) is 5.91 Å². The molecule has 0 heterocycles. The zero-order chi connectivity index (χ0) is 14.4. The Morgan fingerprint density at radius 3 is 2.47 bits per heavy atom. The van der Waals surface area contributed by atoms with Gasteiger partial charge in [0.05, 0.1) is 0 Å². The van der Waals surface area contributed by atoms with Crippen LogP contribution in [0.3, 0.4) is 0 Å². The number of ether oxygens (including phenoxy) is 1. The van der Waals surface area contributed by atoms with Gasteiger partial charge in [0.1, 0.15) is 12.0 Å². The summed E-state index contributed by atoms with van der Waals surface area (Å²) < 4.78 is 5.67. The molecule has 0 radical (unpaired) electrons. The third-order valence-electron chi connectivity index (χ3n) is 2.70. The van der Waals surface area contributed by atoms with Gasteiger partial charge in [-0.3, -0.25) is 9.59 Å². The first-order chi connectivity index (χ1) is 8.99. The molecule has 4 nitrogen and oxygen atoms in total. The average Bonchev–Trinajstić information content (AvgIpc) is 2.39. The molecule has 0 aromatic heterocycles. The summed E-state index contributed by atoms with van der Waals surface area (Å²) in [7, 11) is 0. The van der Waals surface area contributed by atoms with Crippen LogP contribution in [0.1, 0.15) is 28.4 Å². The molecule has 0 spiro atoms. The van der Waals surface area contributed by atoms with Crippen LogP contribution in [0.4, 0.5) is 0 Å². The molecule has 1 unspecified atom stereocenters. The average molecular weight is 261 g/mol. The van der Waals surface area contributed by atoms with Gasteiger partial charge in [-0.1, -0.05) is 6.08 Å². The summed E-state index contributed by atoms with van der Waals surface area (Å²) in [6.45, 7) is 9.33. The Kier molecular flexibility index (Phi) is 5.30. The Balaban J connectivity index is 2.84. The largest absolute Gasteiger partial charge is 0.480 e. The van der Waals surface area contributed by atoms with E-state index in [1.165, 1.54) is 0 Å². The van der Waals surface area contributed by atoms with Crippen molar-refractivity contribution >= 4 is 12.2 Å². The zero-order valence-corrected chi connectivity index (χ0v) is 11.5. The van der Waals surface area contributed by atoms with Crippen LogP contribution in [0, 0.1) is 13.8 Å². The summed E-state index contributed by atoms with van der Waals surface area (Å²) in [6.07, 6.45) is 1.81. The summed E-state index contributed by atoms with van der Waals surface area (Å²) in [5, 5.41) is 2.68. The lowest BCUT2D eigenvalue weighted by atomic mass is 10.1. The molecule has 1 atom stereocenters. The molecule has 4 heteroatoms. The molecule has 0 bridgehead atoms. The number of carbonyl (C=O) groups is 2. The first-order valence-corrected chi connectivity index (χ1v) is 6.11. The van der Waals surface area contributed by atoms with Gasteiger partial charge in [0.15, 0.2) is 6.10 Å². The van der Waals surface area contributed by atoms with E-state index in [1.807, 2.05) is 13.8 Å². The second-order valence-electron chi connectivity index (χ2n) is 4.40. The van der Waals surface area contributed by atoms with Crippen molar-refractivity contribution in [3.05, 3.63) is 41.5 Å². The van der Waals surface area contributed by atoms with Crippen LogP contribution in [-0.2, 0) is 4.79 Å². The number of benzene rings is 1. The van der Waals surface area contributed by atoms with E-state index in [9.17, 15) is 9.59 Å². The standard InChI is InChI=1S/C15H19NO3/c1-5-6-16-15(18)12(4)19-14-10(2)7-13(9-17)8-11(14)3/h5,7-9,12H,1,6H2,2-4H3,(H,16,18). The highest BCUT2D eigenvalue weighted by atomic mass is 16.5. The van der Waals surface area contributed by atoms with Crippen molar-refractivity contribution in [1.82, 2.24) is 5.32 Å². The van der Waals surface area contributed by atoms with Crippen LogP contribution in [0.5, 0.6) is 5.75 Å². The smallest absolute Gasteiger partial charge is 0.261 e. The lowest BCUT2D eigenvalue weighted by Gasteiger charge is -2.18. The lowest BCUT2D eigenvalue weighted by molar-refractivity contribution is -0.127. The number of hydrogen-bond acceptors (Lipinski definition) is 3. The minimum absolute atomic E-state index is 0.196. The maximum atomic E-state index is 11.7. The fourth-order valence-electron chi connectivity index (χ4n) is 1.78. The molecular weight excluding hydrogens is 242 g/mol. The van der Waals surface area contributed by atoms with Crippen molar-refractivity contribution < 1.29 is 14.3 Å². The predicted molar refractivity (Wildman–Crippen MR) is 74.6 cm³/mol. The summed E-state index contributed by atoms with van der Waals surface area (Å²) in [4.78, 5) is 22.5. The summed E-state index contributed by atoms with van der Waals surface area (Å²) >= 11 is 0. The van der Waals surface area contributed by atoms with Crippen molar-refractivity contribution in [2.45, 2.75) is 26.9 Å². The molecule has 1 amide bonds. The van der Waals surface area contributed by atoms with Gasteiger partial charge in [-0.05, 0) is 44.0 Å². The molecule has 1 aromatic rings. The maximum Gasteiger partial charge on any atom is 0.261 e. The molecule has 1 N–H and O–H groups in total. The van der Waals surface area contributed by atoms with Crippen LogP contribution in [0.15, 0.2) is 24.8 Å². The SMILES string of the molecule is C=CCNC(=O)C(C)Oc1c(C)cc(C=O)cc1C. The molecule has 1 rings (SSSR count). The van der Waals surface area contributed by atoms with Gasteiger partial charge in [0.25, 0.3) is 5.91 Å². The summed E-state index contributed by atoms with van der Waals surface area (Å²) in [5.74, 6) is 0.449. The van der Waals surface area contributed by atoms with E-state index in [0.717, 1.165) is 17.4 Å². The van der Waals surface area contributed by atoms with Gasteiger partial charge in [-0.25, -0.2) is 0 Å². The topological polar surface area (TPSA) is 55.4 Å². The molecular formula is C15H19NO3. The Hall–Kier alpha value is -2.10. The number of aryl methyl sites for hydroxylation is 2. The molecule has 0 aliphatic rings. The van der Waals surface area contributed by atoms with E-state index in [0.29, 0.717) is 17.9 Å². The van der Waals surface area contributed by atoms with E-state index in [1.54, 1.807) is 25.1 Å². The third-order valence-corrected chi connectivity index (χ3v) is 2.70. The monoisotopic (exact) mass is 261 g/mol. The Bertz CT molecular complexity index is 471. The highest BCUT2D eigenvalue weighted by molar-refractivity contribution is 5.81. The Labute approximate surface area is 113 Å². The third kappa shape index (κ3) is 3.95. The van der Waals surface area contributed by atoms with Crippen molar-refractivity contribution in [2.75, 3.05) is 6.54 Å². The van der Waals surface area contributed by atoms with Crippen molar-refractivity contribution in [2.24, 2.45) is 0 Å². The van der Waals surface area contributed by atoms with Gasteiger partial charge in [0, 0.05) is 12.1 Å². The molecule has 0 aliphatic carbocycles. The summed E-state index contributed by atoms with van der Waals surface area (Å²) in [5.41, 5.74) is 2.28. The van der Waals surface area contributed by atoms with Gasteiger partial charge >= 0.3 is 0 Å². The number of rotatable bonds is 6. The van der Waals surface area contributed by atoms with E-state index in [4.69, 9.17) is 4.74 Å². The van der Waals surface area contributed by atoms with Gasteiger partial charge < -0.3 is 10.1 Å². The van der Waals surface area contributed by atoms with Crippen LogP contribution < -0.4 is 10.1 Å². The molecule has 1 aromatic carbocycles. The Morgan fingerprint density at radius 2 is 2.00 bits per heavy atom. The van der Waals surface area contributed by atoms with Gasteiger partial charge in [-0.2, -0.15) is 0 Å². The van der Waals surface area contributed by atoms with Crippen LogP contribution in [0.25, 0.3) is 0 Å².